The molecule has 0 aromatic heterocycles. The molecule has 0 unspecified atom stereocenters. The fourth-order valence-corrected chi connectivity index (χ4v) is 5.75. The van der Waals surface area contributed by atoms with E-state index in [0.29, 0.717) is 5.56 Å². The quantitative estimate of drug-likeness (QED) is 0.322. The summed E-state index contributed by atoms with van der Waals surface area (Å²) < 4.78 is 0. The number of phenolic OH excluding ortho intramolecular Hbond substituents is 1. The van der Waals surface area contributed by atoms with Gasteiger partial charge < -0.3 is 31.3 Å². The minimum absolute atomic E-state index is 0.0957. The van der Waals surface area contributed by atoms with Crippen LogP contribution in [0.4, 0.5) is 0 Å². The molecule has 4 rings (SSSR count). The molecular weight excluding hydrogens is 456 g/mol. The average molecular weight is 479 g/mol. The first-order valence-corrected chi connectivity index (χ1v) is 10.5. The second-order valence-corrected chi connectivity index (χ2v) is 9.32. The lowest BCUT2D eigenvalue weighted by atomic mass is 9.54. The molecule has 0 radical (unpaired) electrons. The first-order valence-electron chi connectivity index (χ1n) is 10.1. The van der Waals surface area contributed by atoms with Crippen molar-refractivity contribution in [2.45, 2.75) is 30.6 Å². The van der Waals surface area contributed by atoms with Gasteiger partial charge in [-0.25, -0.2) is 0 Å². The van der Waals surface area contributed by atoms with Crippen molar-refractivity contribution in [3.63, 3.8) is 0 Å². The number of aliphatic hydroxyl groups is 4. The molecule has 176 valence electrons. The van der Waals surface area contributed by atoms with Crippen molar-refractivity contribution in [1.82, 2.24) is 4.90 Å². The number of carbonyl (C=O) groups excluding carboxylic acids is 3. The smallest absolute Gasteiger partial charge is 0.255 e. The van der Waals surface area contributed by atoms with Gasteiger partial charge in [-0.1, -0.05) is 24.6 Å². The van der Waals surface area contributed by atoms with Crippen molar-refractivity contribution in [1.29, 1.82) is 0 Å². The lowest BCUT2D eigenvalue weighted by Crippen LogP contribution is -2.70. The largest absolute Gasteiger partial charge is 0.508 e. The van der Waals surface area contributed by atoms with Gasteiger partial charge in [0.2, 0.25) is 5.78 Å². The van der Waals surface area contributed by atoms with Gasteiger partial charge in [-0.2, -0.15) is 0 Å². The van der Waals surface area contributed by atoms with Crippen molar-refractivity contribution in [3.05, 3.63) is 45.2 Å². The summed E-state index contributed by atoms with van der Waals surface area (Å²) in [5.41, 5.74) is 1.17. The predicted molar refractivity (Wildman–Crippen MR) is 115 cm³/mol. The van der Waals surface area contributed by atoms with Crippen LogP contribution in [0.2, 0.25) is 5.02 Å². The summed E-state index contributed by atoms with van der Waals surface area (Å²) in [4.78, 5) is 40.0. The second-order valence-electron chi connectivity index (χ2n) is 8.91. The maximum Gasteiger partial charge on any atom is 0.255 e. The Morgan fingerprint density at radius 1 is 1.18 bits per heavy atom. The van der Waals surface area contributed by atoms with E-state index in [1.54, 1.807) is 6.92 Å². The minimum Gasteiger partial charge on any atom is -0.508 e. The third-order valence-electron chi connectivity index (χ3n) is 7.08. The normalized spacial score (nSPS) is 33.7. The zero-order chi connectivity index (χ0) is 24.7. The van der Waals surface area contributed by atoms with Crippen LogP contribution < -0.4 is 5.73 Å². The average Bonchev–Trinajstić information content (AvgIpc) is 2.72. The Balaban J connectivity index is 2.07. The Labute approximate surface area is 193 Å². The molecule has 3 aliphatic carbocycles. The van der Waals surface area contributed by atoms with E-state index < -0.39 is 81.4 Å². The number of aliphatic hydroxyl groups excluding tert-OH is 3. The number of carbonyl (C=O) groups is 3. The molecule has 6 atom stereocenters. The van der Waals surface area contributed by atoms with Crippen LogP contribution in [0.3, 0.4) is 0 Å². The predicted octanol–water partition coefficient (Wildman–Crippen LogP) is 0.149. The van der Waals surface area contributed by atoms with Gasteiger partial charge in [0.25, 0.3) is 5.91 Å². The molecule has 10 nitrogen and oxygen atoms in total. The number of Topliss-reactive ketones (excluding diaryl/α,β-unsaturated/α-hetero) is 2. The highest BCUT2D eigenvalue weighted by Gasteiger charge is 2.68. The van der Waals surface area contributed by atoms with Crippen molar-refractivity contribution >= 4 is 34.8 Å². The fraction of sp³-hybridized carbons (Fsp3) is 0.409. The number of amides is 1. The van der Waals surface area contributed by atoms with Crippen LogP contribution in [0.25, 0.3) is 5.76 Å². The van der Waals surface area contributed by atoms with Crippen molar-refractivity contribution in [3.8, 4) is 5.75 Å². The van der Waals surface area contributed by atoms with Gasteiger partial charge in [-0.3, -0.25) is 19.3 Å². The topological polar surface area (TPSA) is 182 Å². The molecule has 0 saturated heterocycles. The first-order chi connectivity index (χ1) is 15.3. The molecule has 0 spiro atoms. The minimum atomic E-state index is -2.93. The molecule has 1 saturated carbocycles. The number of ketones is 2. The van der Waals surface area contributed by atoms with Crippen LogP contribution in [0.5, 0.6) is 5.75 Å². The fourth-order valence-electron chi connectivity index (χ4n) is 5.59. The first kappa shape index (κ1) is 23.2. The molecule has 1 aromatic carbocycles. The summed E-state index contributed by atoms with van der Waals surface area (Å²) in [6.07, 6.45) is -1.63. The third kappa shape index (κ3) is 2.75. The highest BCUT2D eigenvalue weighted by atomic mass is 35.5. The Hall–Kier alpha value is -2.92. The molecule has 7 N–H and O–H groups in total. The van der Waals surface area contributed by atoms with E-state index in [0.717, 1.165) is 0 Å². The number of likely N-dealkylation sites (N-methyl/N-ethyl adjacent to an activating group) is 1. The molecule has 33 heavy (non-hydrogen) atoms. The molecule has 0 aliphatic heterocycles. The Bertz CT molecular complexity index is 1190. The summed E-state index contributed by atoms with van der Waals surface area (Å²) in [6, 6.07) is 1.55. The number of rotatable bonds is 2. The van der Waals surface area contributed by atoms with Gasteiger partial charge in [0, 0.05) is 11.5 Å². The van der Waals surface area contributed by atoms with Crippen LogP contribution in [0.1, 0.15) is 24.0 Å². The third-order valence-corrected chi connectivity index (χ3v) is 7.39. The van der Waals surface area contributed by atoms with Gasteiger partial charge in [-0.15, -0.1) is 0 Å². The van der Waals surface area contributed by atoms with E-state index >= 15 is 0 Å². The number of primary amides is 1. The van der Waals surface area contributed by atoms with E-state index in [-0.39, 0.29) is 10.6 Å². The maximum absolute atomic E-state index is 13.7. The Kier molecular flexibility index (Phi) is 5.14. The number of aromatic hydroxyl groups is 1. The van der Waals surface area contributed by atoms with Crippen molar-refractivity contribution in [2.24, 2.45) is 17.6 Å². The van der Waals surface area contributed by atoms with Crippen molar-refractivity contribution in [2.75, 3.05) is 14.1 Å². The number of fused-ring (bicyclic) bond motifs is 3. The Morgan fingerprint density at radius 2 is 1.79 bits per heavy atom. The van der Waals surface area contributed by atoms with Crippen molar-refractivity contribution < 1.29 is 39.9 Å². The van der Waals surface area contributed by atoms with Crippen LogP contribution in [-0.2, 0) is 14.4 Å². The Morgan fingerprint density at radius 3 is 2.33 bits per heavy atom. The summed E-state index contributed by atoms with van der Waals surface area (Å²) in [6.45, 7) is 1.64. The lowest BCUT2D eigenvalue weighted by Gasteiger charge is -2.53. The van der Waals surface area contributed by atoms with Gasteiger partial charge in [0.05, 0.1) is 28.6 Å². The molecule has 1 aromatic rings. The standard InChI is InChI=1S/C22H23ClN2O8/c1-6-7-4-5-8(23)15(26)10(7)16(27)11-9(6)17(28)13-14(25(2)3)18(29)12(21(24)32)20(31)22(13,33)19(11)30/h4-6,9,13-14,17,26-28,31,33H,1-3H3,(H2,24,32)/t6-,9+,13+,14-,17-,22-/m1/s1. The number of hydrogen-bond acceptors (Lipinski definition) is 9. The number of benzene rings is 1. The zero-order valence-electron chi connectivity index (χ0n) is 17.9. The highest BCUT2D eigenvalue weighted by molar-refractivity contribution is 6.32. The summed E-state index contributed by atoms with van der Waals surface area (Å²) in [5, 5.41) is 55.1. The van der Waals surface area contributed by atoms with Gasteiger partial charge in [0.15, 0.2) is 11.4 Å². The number of halogens is 1. The summed E-state index contributed by atoms with van der Waals surface area (Å²) in [7, 11) is 2.90. The van der Waals surface area contributed by atoms with E-state index in [1.807, 2.05) is 0 Å². The summed E-state index contributed by atoms with van der Waals surface area (Å²) >= 11 is 5.97. The van der Waals surface area contributed by atoms with Gasteiger partial charge >= 0.3 is 0 Å². The number of nitrogens with zero attached hydrogens (tertiary/aromatic N) is 1. The molecule has 0 heterocycles. The van der Waals surface area contributed by atoms with E-state index in [9.17, 15) is 39.9 Å². The number of phenols is 1. The molecule has 1 amide bonds. The SMILES string of the molecule is C[C@@H]1c2ccc(Cl)c(O)c2C(O)=C2C(=O)[C@@]3(O)C(O)=C(C(N)=O)C(=O)[C@H](N(C)C)[C@H]3[C@H](O)[C@H]21. The summed E-state index contributed by atoms with van der Waals surface area (Å²) in [5.74, 6) is -9.37. The van der Waals surface area contributed by atoms with Crippen LogP contribution in [0, 0.1) is 11.8 Å². The molecular formula is C22H23ClN2O8. The van der Waals surface area contributed by atoms with E-state index in [1.165, 1.54) is 31.1 Å². The zero-order valence-corrected chi connectivity index (χ0v) is 18.7. The molecule has 11 heteroatoms. The lowest BCUT2D eigenvalue weighted by molar-refractivity contribution is -0.169. The maximum atomic E-state index is 13.7. The second kappa shape index (κ2) is 7.29. The van der Waals surface area contributed by atoms with Gasteiger partial charge in [-0.05, 0) is 31.6 Å². The van der Waals surface area contributed by atoms with E-state index in [2.05, 4.69) is 0 Å². The molecule has 3 aliphatic rings. The number of nitrogens with two attached hydrogens (primary N) is 1. The van der Waals surface area contributed by atoms with Crippen LogP contribution >= 0.6 is 11.6 Å². The molecule has 0 bridgehead atoms. The van der Waals surface area contributed by atoms with Crippen LogP contribution in [0.15, 0.2) is 29.0 Å². The van der Waals surface area contributed by atoms with Crippen LogP contribution in [-0.4, -0.2) is 79.7 Å². The highest BCUT2D eigenvalue weighted by Crippen LogP contribution is 2.56. The van der Waals surface area contributed by atoms with E-state index in [4.69, 9.17) is 17.3 Å². The molecule has 1 fully saturated rings. The monoisotopic (exact) mass is 478 g/mol. The number of hydrogen-bond donors (Lipinski definition) is 6. The van der Waals surface area contributed by atoms with Gasteiger partial charge in [0.1, 0.15) is 22.8 Å².